The lowest BCUT2D eigenvalue weighted by Crippen LogP contribution is -1.98. The fourth-order valence-electron chi connectivity index (χ4n) is 0.808. The maximum Gasteiger partial charge on any atom is 0.371 e. The van der Waals surface area contributed by atoms with Gasteiger partial charge >= 0.3 is 5.97 Å². The summed E-state index contributed by atoms with van der Waals surface area (Å²) in [5.41, 5.74) is 0.393. The van der Waals surface area contributed by atoms with Crippen LogP contribution in [0.15, 0.2) is 0 Å². The van der Waals surface area contributed by atoms with Crippen molar-refractivity contribution in [3.63, 3.8) is 0 Å². The number of aromatic carboxylic acids is 1. The van der Waals surface area contributed by atoms with Gasteiger partial charge in [0.1, 0.15) is 0 Å². The number of carbonyl (C=O) groups is 1. The molecule has 0 aliphatic rings. The molecule has 6 nitrogen and oxygen atoms in total. The molecule has 1 rings (SSSR count). The van der Waals surface area contributed by atoms with Crippen molar-refractivity contribution in [3.05, 3.63) is 17.2 Å². The van der Waals surface area contributed by atoms with Gasteiger partial charge in [-0.05, 0) is 0 Å². The van der Waals surface area contributed by atoms with E-state index in [2.05, 4.69) is 9.97 Å². The smallest absolute Gasteiger partial charge is 0.371 e. The third kappa shape index (κ3) is 1.44. The number of aromatic nitrogens is 2. The number of nitrogens with one attached hydrogen (secondary N) is 1. The molecular formula is C6H8N2O4. The third-order valence-electron chi connectivity index (χ3n) is 1.37. The van der Waals surface area contributed by atoms with Crippen LogP contribution >= 0.6 is 0 Å². The van der Waals surface area contributed by atoms with Gasteiger partial charge in [0.25, 0.3) is 0 Å². The predicted molar refractivity (Wildman–Crippen MR) is 37.4 cm³/mol. The number of hydrogen-bond donors (Lipinski definition) is 4. The summed E-state index contributed by atoms with van der Waals surface area (Å²) >= 11 is 0. The Morgan fingerprint density at radius 2 is 2.08 bits per heavy atom. The SMILES string of the molecule is O=C(O)c1nc(CO)c(CO)[nH]1. The van der Waals surface area contributed by atoms with Gasteiger partial charge in [0.15, 0.2) is 0 Å². The van der Waals surface area contributed by atoms with E-state index >= 15 is 0 Å². The van der Waals surface area contributed by atoms with Crippen LogP contribution in [-0.2, 0) is 13.2 Å². The molecule has 0 atom stereocenters. The fourth-order valence-corrected chi connectivity index (χ4v) is 0.808. The Morgan fingerprint density at radius 3 is 2.42 bits per heavy atom. The first-order chi connectivity index (χ1) is 5.69. The van der Waals surface area contributed by atoms with Crippen molar-refractivity contribution in [1.82, 2.24) is 9.97 Å². The van der Waals surface area contributed by atoms with E-state index in [9.17, 15) is 4.79 Å². The van der Waals surface area contributed by atoms with E-state index in [-0.39, 0.29) is 30.4 Å². The maximum atomic E-state index is 10.3. The highest BCUT2D eigenvalue weighted by atomic mass is 16.4. The van der Waals surface area contributed by atoms with Crippen LogP contribution in [0.5, 0.6) is 0 Å². The number of imidazole rings is 1. The molecule has 0 aliphatic carbocycles. The molecule has 12 heavy (non-hydrogen) atoms. The second kappa shape index (κ2) is 3.33. The topological polar surface area (TPSA) is 106 Å². The first kappa shape index (κ1) is 8.69. The molecule has 1 heterocycles. The number of carboxylic acid groups (broad SMARTS) is 1. The van der Waals surface area contributed by atoms with Gasteiger partial charge in [-0.25, -0.2) is 9.78 Å². The molecular weight excluding hydrogens is 164 g/mol. The molecule has 0 unspecified atom stereocenters. The monoisotopic (exact) mass is 172 g/mol. The first-order valence-electron chi connectivity index (χ1n) is 3.21. The largest absolute Gasteiger partial charge is 0.475 e. The molecule has 0 fully saturated rings. The molecule has 0 bridgehead atoms. The second-order valence-electron chi connectivity index (χ2n) is 2.13. The van der Waals surface area contributed by atoms with Crippen LogP contribution in [0, 0.1) is 0 Å². The minimum atomic E-state index is -1.22. The highest BCUT2D eigenvalue weighted by Gasteiger charge is 2.12. The van der Waals surface area contributed by atoms with Crippen molar-refractivity contribution in [3.8, 4) is 0 Å². The third-order valence-corrected chi connectivity index (χ3v) is 1.37. The predicted octanol–water partition coefficient (Wildman–Crippen LogP) is -0.908. The number of H-pyrrole nitrogens is 1. The lowest BCUT2D eigenvalue weighted by Gasteiger charge is -1.90. The molecule has 1 aromatic heterocycles. The van der Waals surface area contributed by atoms with E-state index in [0.717, 1.165) is 0 Å². The van der Waals surface area contributed by atoms with Crippen LogP contribution in [0.2, 0.25) is 0 Å². The normalized spacial score (nSPS) is 10.2. The van der Waals surface area contributed by atoms with E-state index in [0.29, 0.717) is 0 Å². The summed E-state index contributed by atoms with van der Waals surface area (Å²) in [7, 11) is 0. The Balaban J connectivity index is 3.05. The van der Waals surface area contributed by atoms with Gasteiger partial charge in [0.05, 0.1) is 24.6 Å². The summed E-state index contributed by atoms with van der Waals surface area (Å²) in [5, 5.41) is 25.8. The average Bonchev–Trinajstić information content (AvgIpc) is 2.46. The summed E-state index contributed by atoms with van der Waals surface area (Å²) in [5.74, 6) is -1.49. The lowest BCUT2D eigenvalue weighted by atomic mass is 10.3. The summed E-state index contributed by atoms with van der Waals surface area (Å²) in [6.45, 7) is -0.754. The van der Waals surface area contributed by atoms with E-state index < -0.39 is 5.97 Å². The van der Waals surface area contributed by atoms with E-state index in [1.165, 1.54) is 0 Å². The quantitative estimate of drug-likeness (QED) is 0.472. The molecule has 0 spiro atoms. The van der Waals surface area contributed by atoms with Gasteiger partial charge in [0.2, 0.25) is 5.82 Å². The number of aliphatic hydroxyl groups excluding tert-OH is 2. The Labute approximate surface area is 67.5 Å². The fraction of sp³-hybridized carbons (Fsp3) is 0.333. The van der Waals surface area contributed by atoms with Crippen LogP contribution < -0.4 is 0 Å². The minimum Gasteiger partial charge on any atom is -0.475 e. The van der Waals surface area contributed by atoms with Gasteiger partial charge < -0.3 is 20.3 Å². The number of rotatable bonds is 3. The number of nitrogens with zero attached hydrogens (tertiary/aromatic N) is 1. The summed E-state index contributed by atoms with van der Waals surface area (Å²) in [6.07, 6.45) is 0. The molecule has 66 valence electrons. The molecule has 1 aromatic rings. The van der Waals surface area contributed by atoms with Crippen molar-refractivity contribution in [2.45, 2.75) is 13.2 Å². The maximum absolute atomic E-state index is 10.3. The van der Waals surface area contributed by atoms with Crippen molar-refractivity contribution in [2.24, 2.45) is 0 Å². The lowest BCUT2D eigenvalue weighted by molar-refractivity contribution is 0.0684. The summed E-state index contributed by atoms with van der Waals surface area (Å²) < 4.78 is 0. The zero-order chi connectivity index (χ0) is 9.14. The van der Waals surface area contributed by atoms with Crippen LogP contribution in [0.25, 0.3) is 0 Å². The average molecular weight is 172 g/mol. The Kier molecular flexibility index (Phi) is 2.41. The van der Waals surface area contributed by atoms with Crippen LogP contribution in [-0.4, -0.2) is 31.3 Å². The van der Waals surface area contributed by atoms with E-state index in [1.54, 1.807) is 0 Å². The van der Waals surface area contributed by atoms with Crippen molar-refractivity contribution in [1.29, 1.82) is 0 Å². The first-order valence-corrected chi connectivity index (χ1v) is 3.21. The molecule has 0 aliphatic heterocycles. The second-order valence-corrected chi connectivity index (χ2v) is 2.13. The Hall–Kier alpha value is -1.40. The van der Waals surface area contributed by atoms with Crippen LogP contribution in [0.4, 0.5) is 0 Å². The summed E-state index contributed by atoms with van der Waals surface area (Å²) in [6, 6.07) is 0. The van der Waals surface area contributed by atoms with Crippen LogP contribution in [0.3, 0.4) is 0 Å². The zero-order valence-corrected chi connectivity index (χ0v) is 6.11. The highest BCUT2D eigenvalue weighted by molar-refractivity contribution is 5.83. The number of aromatic amines is 1. The minimum absolute atomic E-state index is 0.162. The molecule has 0 saturated carbocycles. The van der Waals surface area contributed by atoms with Crippen LogP contribution in [0.1, 0.15) is 22.0 Å². The number of aliphatic hydroxyl groups is 2. The molecule has 6 heteroatoms. The summed E-state index contributed by atoms with van der Waals surface area (Å²) in [4.78, 5) is 16.2. The molecule has 0 amide bonds. The van der Waals surface area contributed by atoms with Gasteiger partial charge in [-0.15, -0.1) is 0 Å². The van der Waals surface area contributed by atoms with E-state index in [4.69, 9.17) is 15.3 Å². The van der Waals surface area contributed by atoms with Crippen molar-refractivity contribution in [2.75, 3.05) is 0 Å². The van der Waals surface area contributed by atoms with E-state index in [1.807, 2.05) is 0 Å². The number of hydrogen-bond acceptors (Lipinski definition) is 4. The zero-order valence-electron chi connectivity index (χ0n) is 6.11. The van der Waals surface area contributed by atoms with Gasteiger partial charge in [-0.2, -0.15) is 0 Å². The molecule has 0 aromatic carbocycles. The number of carboxylic acids is 1. The molecule has 0 radical (unpaired) electrons. The van der Waals surface area contributed by atoms with Gasteiger partial charge in [-0.3, -0.25) is 0 Å². The Morgan fingerprint density at radius 1 is 1.42 bits per heavy atom. The molecule has 4 N–H and O–H groups in total. The van der Waals surface area contributed by atoms with Gasteiger partial charge in [-0.1, -0.05) is 0 Å². The van der Waals surface area contributed by atoms with Crippen molar-refractivity contribution >= 4 is 5.97 Å². The standard InChI is InChI=1S/C6H8N2O4/c9-1-3-4(2-10)8-5(7-3)6(11)12/h9-10H,1-2H2,(H,7,8)(H,11,12). The highest BCUT2D eigenvalue weighted by Crippen LogP contribution is 2.05. The van der Waals surface area contributed by atoms with Crippen molar-refractivity contribution < 1.29 is 20.1 Å². The van der Waals surface area contributed by atoms with Gasteiger partial charge in [0, 0.05) is 0 Å². The Bertz CT molecular complexity index is 272. The molecule has 0 saturated heterocycles.